The molecule has 66 valence electrons. The Hall–Kier alpha value is -1.06. The van der Waals surface area contributed by atoms with Gasteiger partial charge in [0.15, 0.2) is 0 Å². The summed E-state index contributed by atoms with van der Waals surface area (Å²) < 4.78 is 0. The maximum atomic E-state index is 9.00. The van der Waals surface area contributed by atoms with Gasteiger partial charge in [0.1, 0.15) is 5.75 Å². The Morgan fingerprint density at radius 2 is 1.92 bits per heavy atom. The van der Waals surface area contributed by atoms with Gasteiger partial charge < -0.3 is 10.3 Å². The highest BCUT2D eigenvalue weighted by atomic mass is 16.5. The fourth-order valence-electron chi connectivity index (χ4n) is 1.11. The third kappa shape index (κ3) is 1.96. The van der Waals surface area contributed by atoms with E-state index in [4.69, 9.17) is 10.3 Å². The number of nitrogens with one attached hydrogen (secondary N) is 1. The van der Waals surface area contributed by atoms with E-state index in [1.165, 1.54) is 0 Å². The normalized spacial score (nSPS) is 12.8. The molecule has 1 rings (SSSR count). The second-order valence-electron chi connectivity index (χ2n) is 2.68. The standard InChI is InChI=1S/C9H13NO2/c1-2-9(10-12)7-3-5-8(11)6-4-7/h3-6,9-12H,2H2,1H3/t9-/m1/s1. The van der Waals surface area contributed by atoms with Crippen LogP contribution < -0.4 is 5.48 Å². The summed E-state index contributed by atoms with van der Waals surface area (Å²) in [7, 11) is 0. The largest absolute Gasteiger partial charge is 0.508 e. The van der Waals surface area contributed by atoms with Crippen LogP contribution >= 0.6 is 0 Å². The number of hydroxylamine groups is 1. The molecule has 0 radical (unpaired) electrons. The zero-order chi connectivity index (χ0) is 8.97. The second kappa shape index (κ2) is 4.09. The summed E-state index contributed by atoms with van der Waals surface area (Å²) in [5.41, 5.74) is 3.18. The molecule has 0 spiro atoms. The van der Waals surface area contributed by atoms with Crippen LogP contribution in [-0.2, 0) is 0 Å². The molecule has 0 aliphatic rings. The van der Waals surface area contributed by atoms with Crippen molar-refractivity contribution in [1.29, 1.82) is 0 Å². The summed E-state index contributed by atoms with van der Waals surface area (Å²) in [6.07, 6.45) is 0.807. The first-order valence-corrected chi connectivity index (χ1v) is 3.96. The molecule has 0 bridgehead atoms. The van der Waals surface area contributed by atoms with Crippen molar-refractivity contribution in [3.8, 4) is 5.75 Å². The highest BCUT2D eigenvalue weighted by Crippen LogP contribution is 2.18. The Morgan fingerprint density at radius 3 is 2.33 bits per heavy atom. The number of rotatable bonds is 3. The van der Waals surface area contributed by atoms with Crippen LogP contribution in [0.4, 0.5) is 0 Å². The Kier molecular flexibility index (Phi) is 3.08. The first kappa shape index (κ1) is 9.03. The molecule has 0 amide bonds. The van der Waals surface area contributed by atoms with E-state index < -0.39 is 0 Å². The van der Waals surface area contributed by atoms with Crippen molar-refractivity contribution < 1.29 is 10.3 Å². The zero-order valence-corrected chi connectivity index (χ0v) is 6.99. The highest BCUT2D eigenvalue weighted by Gasteiger charge is 2.05. The Morgan fingerprint density at radius 1 is 1.33 bits per heavy atom. The molecule has 0 aliphatic heterocycles. The van der Waals surface area contributed by atoms with Gasteiger partial charge >= 0.3 is 0 Å². The lowest BCUT2D eigenvalue weighted by atomic mass is 10.1. The molecule has 0 saturated heterocycles. The van der Waals surface area contributed by atoms with Crippen molar-refractivity contribution >= 4 is 0 Å². The number of hydrogen-bond acceptors (Lipinski definition) is 3. The summed E-state index contributed by atoms with van der Waals surface area (Å²) in [4.78, 5) is 0. The molecular weight excluding hydrogens is 154 g/mol. The molecule has 1 aromatic carbocycles. The van der Waals surface area contributed by atoms with Gasteiger partial charge in [0.05, 0.1) is 6.04 Å². The molecule has 1 aromatic rings. The van der Waals surface area contributed by atoms with E-state index in [2.05, 4.69) is 5.48 Å². The van der Waals surface area contributed by atoms with Crippen LogP contribution in [0, 0.1) is 0 Å². The average Bonchev–Trinajstić information content (AvgIpc) is 2.10. The van der Waals surface area contributed by atoms with Crippen LogP contribution in [0.15, 0.2) is 24.3 Å². The molecular formula is C9H13NO2. The van der Waals surface area contributed by atoms with Crippen molar-refractivity contribution in [3.05, 3.63) is 29.8 Å². The number of phenols is 1. The number of phenolic OH excluding ortho intramolecular Hbond substituents is 1. The van der Waals surface area contributed by atoms with E-state index in [0.29, 0.717) is 0 Å². The molecule has 0 aromatic heterocycles. The highest BCUT2D eigenvalue weighted by molar-refractivity contribution is 5.27. The first-order valence-electron chi connectivity index (χ1n) is 3.96. The summed E-state index contributed by atoms with van der Waals surface area (Å²) in [6, 6.07) is 6.73. The van der Waals surface area contributed by atoms with Gasteiger partial charge in [-0.1, -0.05) is 19.1 Å². The zero-order valence-electron chi connectivity index (χ0n) is 6.99. The Bertz CT molecular complexity index is 229. The SMILES string of the molecule is CC[C@@H](NO)c1ccc(O)cc1. The van der Waals surface area contributed by atoms with Crippen molar-refractivity contribution in [2.24, 2.45) is 0 Å². The van der Waals surface area contributed by atoms with Crippen LogP contribution in [-0.4, -0.2) is 10.3 Å². The van der Waals surface area contributed by atoms with Crippen molar-refractivity contribution in [1.82, 2.24) is 5.48 Å². The predicted molar refractivity (Wildman–Crippen MR) is 46.1 cm³/mol. The van der Waals surface area contributed by atoms with Gasteiger partial charge in [0.25, 0.3) is 0 Å². The van der Waals surface area contributed by atoms with Crippen LogP contribution in [0.3, 0.4) is 0 Å². The van der Waals surface area contributed by atoms with Gasteiger partial charge in [-0.3, -0.25) is 0 Å². The molecule has 1 atom stereocenters. The fraction of sp³-hybridized carbons (Fsp3) is 0.333. The lowest BCUT2D eigenvalue weighted by Gasteiger charge is -2.12. The van der Waals surface area contributed by atoms with Gasteiger partial charge in [-0.15, -0.1) is 0 Å². The number of aromatic hydroxyl groups is 1. The number of hydrogen-bond donors (Lipinski definition) is 3. The van der Waals surface area contributed by atoms with E-state index in [0.717, 1.165) is 12.0 Å². The molecule has 0 aliphatic carbocycles. The molecule has 3 nitrogen and oxygen atoms in total. The first-order chi connectivity index (χ1) is 5.77. The molecule has 3 N–H and O–H groups in total. The molecule has 0 saturated carbocycles. The van der Waals surface area contributed by atoms with E-state index in [9.17, 15) is 0 Å². The van der Waals surface area contributed by atoms with Gasteiger partial charge in [-0.25, -0.2) is 0 Å². The quantitative estimate of drug-likeness (QED) is 0.602. The molecule has 0 unspecified atom stereocenters. The maximum Gasteiger partial charge on any atom is 0.115 e. The Balaban J connectivity index is 2.80. The average molecular weight is 167 g/mol. The third-order valence-corrected chi connectivity index (χ3v) is 1.86. The number of benzene rings is 1. The summed E-state index contributed by atoms with van der Waals surface area (Å²) >= 11 is 0. The third-order valence-electron chi connectivity index (χ3n) is 1.86. The van der Waals surface area contributed by atoms with Crippen LogP contribution in [0.25, 0.3) is 0 Å². The van der Waals surface area contributed by atoms with Crippen LogP contribution in [0.5, 0.6) is 5.75 Å². The summed E-state index contributed by atoms with van der Waals surface area (Å²) in [6.45, 7) is 1.97. The van der Waals surface area contributed by atoms with Gasteiger partial charge in [-0.05, 0) is 24.1 Å². The van der Waals surface area contributed by atoms with E-state index >= 15 is 0 Å². The molecule has 12 heavy (non-hydrogen) atoms. The minimum Gasteiger partial charge on any atom is -0.508 e. The van der Waals surface area contributed by atoms with Crippen LogP contribution in [0.1, 0.15) is 24.9 Å². The maximum absolute atomic E-state index is 9.00. The minimum absolute atomic E-state index is 0.0504. The summed E-state index contributed by atoms with van der Waals surface area (Å²) in [5.74, 6) is 0.242. The smallest absolute Gasteiger partial charge is 0.115 e. The molecule has 0 fully saturated rings. The minimum atomic E-state index is -0.0504. The second-order valence-corrected chi connectivity index (χ2v) is 2.68. The fourth-order valence-corrected chi connectivity index (χ4v) is 1.11. The molecule has 3 heteroatoms. The molecule has 0 heterocycles. The topological polar surface area (TPSA) is 52.5 Å². The van der Waals surface area contributed by atoms with Gasteiger partial charge in [0, 0.05) is 0 Å². The predicted octanol–water partition coefficient (Wildman–Crippen LogP) is 1.82. The van der Waals surface area contributed by atoms with Crippen molar-refractivity contribution in [2.75, 3.05) is 0 Å². The van der Waals surface area contributed by atoms with Gasteiger partial charge in [0.2, 0.25) is 0 Å². The van der Waals surface area contributed by atoms with Gasteiger partial charge in [-0.2, -0.15) is 5.48 Å². The van der Waals surface area contributed by atoms with Crippen molar-refractivity contribution in [3.63, 3.8) is 0 Å². The van der Waals surface area contributed by atoms with E-state index in [1.54, 1.807) is 24.3 Å². The monoisotopic (exact) mass is 167 g/mol. The Labute approximate surface area is 71.6 Å². The lowest BCUT2D eigenvalue weighted by molar-refractivity contribution is 0.124. The summed E-state index contributed by atoms with van der Waals surface area (Å²) in [5, 5.41) is 17.7. The van der Waals surface area contributed by atoms with E-state index in [1.807, 2.05) is 6.92 Å². The van der Waals surface area contributed by atoms with Crippen molar-refractivity contribution in [2.45, 2.75) is 19.4 Å². The lowest BCUT2D eigenvalue weighted by Crippen LogP contribution is -2.15. The van der Waals surface area contributed by atoms with Crippen LogP contribution in [0.2, 0.25) is 0 Å². The van der Waals surface area contributed by atoms with E-state index in [-0.39, 0.29) is 11.8 Å².